The van der Waals surface area contributed by atoms with Gasteiger partial charge in [-0.2, -0.15) is 5.26 Å². The minimum atomic E-state index is -0.455. The van der Waals surface area contributed by atoms with Crippen molar-refractivity contribution < 1.29 is 9.53 Å². The van der Waals surface area contributed by atoms with Crippen LogP contribution in [0.15, 0.2) is 60.7 Å². The number of hydrogen-bond donors (Lipinski definition) is 1. The number of esters is 1. The highest BCUT2D eigenvalue weighted by molar-refractivity contribution is 6.01. The van der Waals surface area contributed by atoms with E-state index in [1.54, 1.807) is 13.8 Å². The summed E-state index contributed by atoms with van der Waals surface area (Å²) in [5.41, 5.74) is 3.99. The van der Waals surface area contributed by atoms with Gasteiger partial charge in [-0.1, -0.05) is 60.7 Å². The summed E-state index contributed by atoms with van der Waals surface area (Å²) in [6.07, 6.45) is 1.91. The summed E-state index contributed by atoms with van der Waals surface area (Å²) in [7, 11) is 0. The van der Waals surface area contributed by atoms with E-state index in [4.69, 9.17) is 4.74 Å². The first-order chi connectivity index (χ1) is 16.6. The van der Waals surface area contributed by atoms with Crippen molar-refractivity contribution in [3.8, 4) is 17.2 Å². The number of likely N-dealkylation sites (tertiary alicyclic amines) is 1. The molecule has 2 aromatic carbocycles. The lowest BCUT2D eigenvalue weighted by atomic mass is 9.93. The molecule has 6 heteroatoms. The zero-order valence-electron chi connectivity index (χ0n) is 19.8. The van der Waals surface area contributed by atoms with Crippen molar-refractivity contribution in [3.05, 3.63) is 83.0 Å². The van der Waals surface area contributed by atoms with E-state index in [-0.39, 0.29) is 12.6 Å². The predicted octanol–water partition coefficient (Wildman–Crippen LogP) is 5.18. The molecule has 0 unspecified atom stereocenters. The van der Waals surface area contributed by atoms with Crippen LogP contribution in [0.4, 0.5) is 5.82 Å². The number of nitrogens with zero attached hydrogens (tertiary/aromatic N) is 3. The number of aromatic nitrogens is 1. The molecule has 174 valence electrons. The monoisotopic (exact) mass is 454 g/mol. The summed E-state index contributed by atoms with van der Waals surface area (Å²) < 4.78 is 5.31. The summed E-state index contributed by atoms with van der Waals surface area (Å²) in [5.74, 6) is 0.0806. The van der Waals surface area contributed by atoms with Crippen molar-refractivity contribution in [3.63, 3.8) is 0 Å². The lowest BCUT2D eigenvalue weighted by molar-refractivity contribution is 0.0526. The van der Waals surface area contributed by atoms with Gasteiger partial charge in [0.25, 0.3) is 0 Å². The van der Waals surface area contributed by atoms with Crippen molar-refractivity contribution in [1.29, 1.82) is 5.26 Å². The molecule has 0 radical (unpaired) electrons. The second-order valence-electron chi connectivity index (χ2n) is 8.55. The van der Waals surface area contributed by atoms with Gasteiger partial charge in [0.2, 0.25) is 0 Å². The van der Waals surface area contributed by atoms with Crippen LogP contribution in [0.2, 0.25) is 0 Å². The summed E-state index contributed by atoms with van der Waals surface area (Å²) in [4.78, 5) is 19.9. The highest BCUT2D eigenvalue weighted by Gasteiger charge is 2.27. The SMILES string of the molecule is CCOC(=O)c1c(C)nc(NC2CCN(Cc3ccccc3)CC2)c(C#N)c1-c1ccccc1. The van der Waals surface area contributed by atoms with Crippen LogP contribution in [0.3, 0.4) is 0 Å². The molecule has 1 N–H and O–H groups in total. The highest BCUT2D eigenvalue weighted by Crippen LogP contribution is 2.34. The van der Waals surface area contributed by atoms with Crippen LogP contribution in [0, 0.1) is 18.3 Å². The molecule has 0 saturated carbocycles. The third-order valence-electron chi connectivity index (χ3n) is 6.21. The Kier molecular flexibility index (Phi) is 7.56. The predicted molar refractivity (Wildman–Crippen MR) is 133 cm³/mol. The Morgan fingerprint density at radius 2 is 1.76 bits per heavy atom. The van der Waals surface area contributed by atoms with Gasteiger partial charge >= 0.3 is 5.97 Å². The zero-order valence-corrected chi connectivity index (χ0v) is 19.8. The number of rotatable bonds is 7. The van der Waals surface area contributed by atoms with E-state index in [1.807, 2.05) is 36.4 Å². The van der Waals surface area contributed by atoms with E-state index < -0.39 is 5.97 Å². The number of carbonyl (C=O) groups excluding carboxylic acids is 1. The first kappa shape index (κ1) is 23.5. The van der Waals surface area contributed by atoms with Gasteiger partial charge in [0.1, 0.15) is 17.5 Å². The molecule has 1 saturated heterocycles. The molecule has 0 spiro atoms. The molecule has 3 aromatic rings. The van der Waals surface area contributed by atoms with E-state index in [0.29, 0.717) is 28.2 Å². The summed E-state index contributed by atoms with van der Waals surface area (Å²) in [5, 5.41) is 13.7. The Balaban J connectivity index is 1.59. The number of aryl methyl sites for hydroxylation is 1. The van der Waals surface area contributed by atoms with Crippen LogP contribution in [0.1, 0.15) is 46.9 Å². The first-order valence-electron chi connectivity index (χ1n) is 11.8. The molecular formula is C28H30N4O2. The van der Waals surface area contributed by atoms with Gasteiger partial charge < -0.3 is 10.1 Å². The number of pyridine rings is 1. The number of hydrogen-bond acceptors (Lipinski definition) is 6. The van der Waals surface area contributed by atoms with Crippen molar-refractivity contribution in [2.45, 2.75) is 39.3 Å². The molecule has 34 heavy (non-hydrogen) atoms. The van der Waals surface area contributed by atoms with Gasteiger partial charge in [0.05, 0.1) is 17.9 Å². The quantitative estimate of drug-likeness (QED) is 0.496. The maximum absolute atomic E-state index is 12.8. The fourth-order valence-corrected chi connectivity index (χ4v) is 4.53. The number of anilines is 1. The second kappa shape index (κ2) is 11.0. The third kappa shape index (κ3) is 5.27. The van der Waals surface area contributed by atoms with Gasteiger partial charge in [-0.25, -0.2) is 9.78 Å². The molecule has 0 amide bonds. The minimum absolute atomic E-state index is 0.211. The van der Waals surface area contributed by atoms with Crippen LogP contribution in [-0.4, -0.2) is 41.6 Å². The Morgan fingerprint density at radius 1 is 1.12 bits per heavy atom. The molecular weight excluding hydrogens is 424 g/mol. The van der Waals surface area contributed by atoms with Gasteiger partial charge in [0, 0.05) is 31.2 Å². The lowest BCUT2D eigenvalue weighted by Gasteiger charge is -2.33. The Morgan fingerprint density at radius 3 is 2.38 bits per heavy atom. The number of ether oxygens (including phenoxy) is 1. The number of carbonyl (C=O) groups is 1. The van der Waals surface area contributed by atoms with Crippen molar-refractivity contribution in [1.82, 2.24) is 9.88 Å². The Bertz CT molecular complexity index is 1160. The van der Waals surface area contributed by atoms with Gasteiger partial charge in [-0.15, -0.1) is 0 Å². The Labute approximate surface area is 201 Å². The molecule has 6 nitrogen and oxygen atoms in total. The maximum Gasteiger partial charge on any atom is 0.340 e. The van der Waals surface area contributed by atoms with E-state index >= 15 is 0 Å². The van der Waals surface area contributed by atoms with Crippen molar-refractivity contribution in [2.75, 3.05) is 25.0 Å². The maximum atomic E-state index is 12.8. The number of benzene rings is 2. The first-order valence-corrected chi connectivity index (χ1v) is 11.8. The van der Waals surface area contributed by atoms with Crippen molar-refractivity contribution >= 4 is 11.8 Å². The summed E-state index contributed by atoms with van der Waals surface area (Å²) >= 11 is 0. The largest absolute Gasteiger partial charge is 0.462 e. The van der Waals surface area contributed by atoms with Gasteiger partial charge in [-0.3, -0.25) is 4.90 Å². The zero-order chi connectivity index (χ0) is 23.9. The molecule has 2 heterocycles. The van der Waals surface area contributed by atoms with E-state index in [2.05, 4.69) is 45.5 Å². The van der Waals surface area contributed by atoms with Crippen LogP contribution in [-0.2, 0) is 11.3 Å². The van der Waals surface area contributed by atoms with Crippen molar-refractivity contribution in [2.24, 2.45) is 0 Å². The number of nitrogens with one attached hydrogen (secondary N) is 1. The molecule has 0 aliphatic carbocycles. The molecule has 1 fully saturated rings. The topological polar surface area (TPSA) is 78.2 Å². The molecule has 0 bridgehead atoms. The molecule has 1 aliphatic heterocycles. The number of nitriles is 1. The molecule has 4 rings (SSSR count). The average Bonchev–Trinajstić information content (AvgIpc) is 2.86. The van der Waals surface area contributed by atoms with Crippen LogP contribution >= 0.6 is 0 Å². The molecule has 1 aliphatic rings. The highest BCUT2D eigenvalue weighted by atomic mass is 16.5. The average molecular weight is 455 g/mol. The van der Waals surface area contributed by atoms with Gasteiger partial charge in [-0.05, 0) is 37.8 Å². The van der Waals surface area contributed by atoms with Gasteiger partial charge in [0.15, 0.2) is 0 Å². The summed E-state index contributed by atoms with van der Waals surface area (Å²) in [6, 6.07) is 22.6. The standard InChI is InChI=1S/C28H30N4O2/c1-3-34-28(33)25-20(2)30-27(24(18-29)26(25)22-12-8-5-9-13-22)31-23-14-16-32(17-15-23)19-21-10-6-4-7-11-21/h4-13,23H,3,14-17,19H2,1-2H3,(H,30,31). The van der Waals surface area contributed by atoms with E-state index in [0.717, 1.165) is 38.0 Å². The fraction of sp³-hybridized carbons (Fsp3) is 0.321. The minimum Gasteiger partial charge on any atom is -0.462 e. The van der Waals surface area contributed by atoms with Crippen LogP contribution in [0.25, 0.3) is 11.1 Å². The second-order valence-corrected chi connectivity index (χ2v) is 8.55. The van der Waals surface area contributed by atoms with E-state index in [1.165, 1.54) is 5.56 Å². The normalized spacial score (nSPS) is 14.4. The Hall–Kier alpha value is -3.69. The smallest absolute Gasteiger partial charge is 0.340 e. The third-order valence-corrected chi connectivity index (χ3v) is 6.21. The fourth-order valence-electron chi connectivity index (χ4n) is 4.53. The number of piperidine rings is 1. The molecule has 0 atom stereocenters. The van der Waals surface area contributed by atoms with Crippen LogP contribution < -0.4 is 5.32 Å². The van der Waals surface area contributed by atoms with E-state index in [9.17, 15) is 10.1 Å². The van der Waals surface area contributed by atoms with Crippen LogP contribution in [0.5, 0.6) is 0 Å². The molecule has 1 aromatic heterocycles. The summed E-state index contributed by atoms with van der Waals surface area (Å²) in [6.45, 7) is 6.72. The lowest BCUT2D eigenvalue weighted by Crippen LogP contribution is -2.39.